The Kier molecular flexibility index (Phi) is 8.18. The average Bonchev–Trinajstić information content (AvgIpc) is 3.77. The number of amides is 1. The van der Waals surface area contributed by atoms with Gasteiger partial charge in [-0.3, -0.25) is 4.79 Å². The molecule has 4 heterocycles. The predicted octanol–water partition coefficient (Wildman–Crippen LogP) is 7.32. The first-order chi connectivity index (χ1) is 20.9. The highest BCUT2D eigenvalue weighted by Crippen LogP contribution is 2.43. The molecule has 2 aromatic carbocycles. The lowest BCUT2D eigenvalue weighted by molar-refractivity contribution is -0.137. The van der Waals surface area contributed by atoms with Crippen LogP contribution in [0.1, 0.15) is 90.1 Å². The van der Waals surface area contributed by atoms with E-state index in [0.717, 1.165) is 61.2 Å². The number of carboxylic acids is 1. The van der Waals surface area contributed by atoms with Gasteiger partial charge in [-0.15, -0.1) is 11.3 Å². The van der Waals surface area contributed by atoms with Crippen LogP contribution in [0.5, 0.6) is 0 Å². The SMILES string of the molecule is Cc1cc(C)cc(-c2[nH]c3ccc(C(C)(C)C(=O)N4C5CCC4CC5)cc3c2C(C)CN(C)CCc2csc(C(=O)O)n2)c1. The maximum Gasteiger partial charge on any atom is 0.365 e. The molecule has 1 atom stereocenters. The van der Waals surface area contributed by atoms with Gasteiger partial charge in [-0.25, -0.2) is 9.78 Å². The number of likely N-dealkylation sites (N-methyl/N-ethyl adjacent to an activating group) is 1. The van der Waals surface area contributed by atoms with E-state index in [2.05, 4.69) is 97.8 Å². The number of thiazole rings is 1. The number of H-pyrrole nitrogens is 1. The minimum atomic E-state index is -0.974. The van der Waals surface area contributed by atoms with Gasteiger partial charge in [0, 0.05) is 47.9 Å². The van der Waals surface area contributed by atoms with Crippen LogP contribution in [0.25, 0.3) is 22.2 Å². The van der Waals surface area contributed by atoms with Gasteiger partial charge < -0.3 is 19.9 Å². The fraction of sp³-hybridized carbons (Fsp3) is 0.472. The molecule has 4 aromatic rings. The minimum absolute atomic E-state index is 0.141. The number of hydrogen-bond donors (Lipinski definition) is 2. The van der Waals surface area contributed by atoms with Crippen LogP contribution >= 0.6 is 11.3 Å². The average molecular weight is 613 g/mol. The number of benzene rings is 2. The molecule has 8 heteroatoms. The highest BCUT2D eigenvalue weighted by atomic mass is 32.1. The van der Waals surface area contributed by atoms with Crippen LogP contribution in [-0.4, -0.2) is 69.0 Å². The molecule has 0 aliphatic carbocycles. The van der Waals surface area contributed by atoms with E-state index < -0.39 is 11.4 Å². The van der Waals surface area contributed by atoms with E-state index in [1.807, 2.05) is 5.38 Å². The fourth-order valence-electron chi connectivity index (χ4n) is 7.63. The zero-order valence-electron chi connectivity index (χ0n) is 26.7. The normalized spacial score (nSPS) is 18.9. The lowest BCUT2D eigenvalue weighted by Gasteiger charge is -2.33. The molecule has 2 fully saturated rings. The van der Waals surface area contributed by atoms with Crippen molar-refractivity contribution in [3.05, 3.63) is 74.7 Å². The first-order valence-electron chi connectivity index (χ1n) is 15.9. The molecule has 2 aliphatic rings. The molecule has 1 amide bonds. The predicted molar refractivity (Wildman–Crippen MR) is 178 cm³/mol. The van der Waals surface area contributed by atoms with E-state index in [-0.39, 0.29) is 16.8 Å². The van der Waals surface area contributed by atoms with Gasteiger partial charge in [0.15, 0.2) is 0 Å². The molecule has 2 aliphatic heterocycles. The number of aromatic amines is 1. The molecular formula is C36H44N4O3S. The van der Waals surface area contributed by atoms with E-state index in [1.54, 1.807) is 0 Å². The number of hydrogen-bond acceptors (Lipinski definition) is 5. The van der Waals surface area contributed by atoms with Crippen molar-refractivity contribution in [2.24, 2.45) is 0 Å². The molecule has 0 saturated carbocycles. The topological polar surface area (TPSA) is 89.5 Å². The third-order valence-corrected chi connectivity index (χ3v) is 10.7. The van der Waals surface area contributed by atoms with Crippen molar-refractivity contribution in [3.63, 3.8) is 0 Å². The number of aromatic nitrogens is 2. The lowest BCUT2D eigenvalue weighted by atomic mass is 9.81. The summed E-state index contributed by atoms with van der Waals surface area (Å²) >= 11 is 1.18. The van der Waals surface area contributed by atoms with Crippen LogP contribution in [-0.2, 0) is 16.6 Å². The van der Waals surface area contributed by atoms with Crippen molar-refractivity contribution in [2.75, 3.05) is 20.1 Å². The first-order valence-corrected chi connectivity index (χ1v) is 16.7. The maximum atomic E-state index is 14.0. The number of fused-ring (bicyclic) bond motifs is 3. The number of nitrogens with one attached hydrogen (secondary N) is 1. The largest absolute Gasteiger partial charge is 0.476 e. The van der Waals surface area contributed by atoms with Crippen molar-refractivity contribution in [1.29, 1.82) is 0 Å². The highest BCUT2D eigenvalue weighted by Gasteiger charge is 2.47. The summed E-state index contributed by atoms with van der Waals surface area (Å²) in [6.45, 7) is 12.4. The third kappa shape index (κ3) is 5.70. The molecule has 2 bridgehead atoms. The van der Waals surface area contributed by atoms with Crippen molar-refractivity contribution in [2.45, 2.75) is 90.1 Å². The summed E-state index contributed by atoms with van der Waals surface area (Å²) in [4.78, 5) is 37.8. The summed E-state index contributed by atoms with van der Waals surface area (Å²) in [6.07, 6.45) is 5.26. The molecule has 232 valence electrons. The number of aromatic carboxylic acids is 1. The van der Waals surface area contributed by atoms with Gasteiger partial charge in [0.05, 0.1) is 16.8 Å². The number of carbonyl (C=O) groups excluding carboxylic acids is 1. The Labute approximate surface area is 264 Å². The number of aryl methyl sites for hydroxylation is 2. The highest BCUT2D eigenvalue weighted by molar-refractivity contribution is 7.11. The summed E-state index contributed by atoms with van der Waals surface area (Å²) in [5.74, 6) is -0.522. The Morgan fingerprint density at radius 1 is 1.09 bits per heavy atom. The molecule has 7 nitrogen and oxygen atoms in total. The van der Waals surface area contributed by atoms with Gasteiger partial charge in [-0.1, -0.05) is 30.2 Å². The van der Waals surface area contributed by atoms with E-state index in [0.29, 0.717) is 18.5 Å². The van der Waals surface area contributed by atoms with E-state index in [1.165, 1.54) is 39.0 Å². The van der Waals surface area contributed by atoms with Crippen molar-refractivity contribution < 1.29 is 14.7 Å². The second-order valence-corrected chi connectivity index (χ2v) is 14.6. The monoisotopic (exact) mass is 612 g/mol. The number of nitrogens with zero attached hydrogens (tertiary/aromatic N) is 3. The standard InChI is InChI=1S/C36H44N4O3S/c1-21-15-22(2)17-24(16-21)32-31(23(3)19-39(6)14-13-26-20-44-33(37-26)34(41)42)29-18-25(7-12-30(29)38-32)36(4,5)35(43)40-27-8-9-28(40)11-10-27/h7,12,15-18,20,23,27-28,38H,8-11,13-14,19H2,1-6H3,(H,41,42). The van der Waals surface area contributed by atoms with Gasteiger partial charge in [0.1, 0.15) is 0 Å². The molecule has 44 heavy (non-hydrogen) atoms. The van der Waals surface area contributed by atoms with Gasteiger partial charge in [-0.05, 0) is 107 Å². The van der Waals surface area contributed by atoms with E-state index >= 15 is 0 Å². The number of carboxylic acid groups (broad SMARTS) is 1. The molecular weight excluding hydrogens is 568 g/mol. The third-order valence-electron chi connectivity index (χ3n) is 9.86. The molecule has 1 unspecified atom stereocenters. The van der Waals surface area contributed by atoms with Gasteiger partial charge in [-0.2, -0.15) is 0 Å². The van der Waals surface area contributed by atoms with Crippen LogP contribution in [0.3, 0.4) is 0 Å². The Bertz CT molecular complexity index is 1680. The van der Waals surface area contributed by atoms with Gasteiger partial charge in [0.2, 0.25) is 10.9 Å². The van der Waals surface area contributed by atoms with Crippen LogP contribution in [0.4, 0.5) is 0 Å². The fourth-order valence-corrected chi connectivity index (χ4v) is 8.32. The van der Waals surface area contributed by atoms with Crippen LogP contribution in [0.15, 0.2) is 41.8 Å². The summed E-state index contributed by atoms with van der Waals surface area (Å²) < 4.78 is 0. The Morgan fingerprint density at radius 3 is 2.36 bits per heavy atom. The molecule has 2 N–H and O–H groups in total. The molecule has 6 rings (SSSR count). The van der Waals surface area contributed by atoms with Gasteiger partial charge >= 0.3 is 5.97 Å². The Morgan fingerprint density at radius 2 is 1.75 bits per heavy atom. The van der Waals surface area contributed by atoms with Crippen LogP contribution < -0.4 is 0 Å². The minimum Gasteiger partial charge on any atom is -0.476 e. The molecule has 2 saturated heterocycles. The van der Waals surface area contributed by atoms with E-state index in [9.17, 15) is 14.7 Å². The Hall–Kier alpha value is -3.49. The molecule has 0 radical (unpaired) electrons. The van der Waals surface area contributed by atoms with Crippen molar-refractivity contribution in [1.82, 2.24) is 19.8 Å². The number of carbonyl (C=O) groups is 2. The summed E-state index contributed by atoms with van der Waals surface area (Å²) in [6, 6.07) is 14.1. The maximum absolute atomic E-state index is 14.0. The smallest absolute Gasteiger partial charge is 0.365 e. The van der Waals surface area contributed by atoms with Crippen LogP contribution in [0.2, 0.25) is 0 Å². The van der Waals surface area contributed by atoms with Crippen LogP contribution in [0, 0.1) is 13.8 Å². The summed E-state index contributed by atoms with van der Waals surface area (Å²) in [5.41, 5.74) is 8.39. The Balaban J connectivity index is 1.33. The second-order valence-electron chi connectivity index (χ2n) is 13.7. The van der Waals surface area contributed by atoms with Crippen molar-refractivity contribution >= 4 is 34.1 Å². The summed E-state index contributed by atoms with van der Waals surface area (Å²) in [7, 11) is 2.11. The number of rotatable bonds is 10. The van der Waals surface area contributed by atoms with Gasteiger partial charge in [0.25, 0.3) is 0 Å². The molecule has 2 aromatic heterocycles. The summed E-state index contributed by atoms with van der Waals surface area (Å²) in [5, 5.41) is 12.4. The second kappa shape index (κ2) is 11.8. The van der Waals surface area contributed by atoms with Crippen molar-refractivity contribution in [3.8, 4) is 11.3 Å². The zero-order chi connectivity index (χ0) is 31.3. The molecule has 0 spiro atoms. The first kappa shape index (κ1) is 30.5. The zero-order valence-corrected chi connectivity index (χ0v) is 27.6. The quantitative estimate of drug-likeness (QED) is 0.196. The lowest BCUT2D eigenvalue weighted by Crippen LogP contribution is -2.45. The van der Waals surface area contributed by atoms with E-state index in [4.69, 9.17) is 0 Å².